The lowest BCUT2D eigenvalue weighted by Gasteiger charge is -2.16. The average Bonchev–Trinajstić information content (AvgIpc) is 3.47. The van der Waals surface area contributed by atoms with Gasteiger partial charge in [-0.05, 0) is 71.1 Å². The van der Waals surface area contributed by atoms with E-state index in [1.807, 2.05) is 53.4 Å². The molecule has 208 valence electrons. The predicted molar refractivity (Wildman–Crippen MR) is 164 cm³/mol. The molecule has 2 heterocycles. The maximum absolute atomic E-state index is 12.5. The molecule has 39 heavy (non-hydrogen) atoms. The number of aromatic nitrogens is 2. The molecular weight excluding hydrogens is 648 g/mol. The number of carbonyl (C=O) groups is 1. The summed E-state index contributed by atoms with van der Waals surface area (Å²) in [7, 11) is -1.34. The van der Waals surface area contributed by atoms with Gasteiger partial charge in [0.1, 0.15) is 16.8 Å². The van der Waals surface area contributed by atoms with Gasteiger partial charge in [0.15, 0.2) is 0 Å². The van der Waals surface area contributed by atoms with Crippen molar-refractivity contribution < 1.29 is 9.00 Å². The van der Waals surface area contributed by atoms with E-state index in [2.05, 4.69) is 62.5 Å². The standard InChI is InChI=1S/C26H32Br2N8O2S/c27-19-9-7-18(8-10-19)15-23(29)39(38)32-12-4-11-30-24-22(28)17-31-25(35-24)33-20-5-3-6-21(16-20)34-26(37)36-13-1-2-14-36/h3,5-10,16-17,23,32H,1-2,4,11-15,29H2,(H,34,37)(H2,30,31,33,35)/t23-,39?/m1/s1. The maximum atomic E-state index is 12.5. The molecule has 2 amide bonds. The predicted octanol–water partition coefficient (Wildman–Crippen LogP) is 4.96. The smallest absolute Gasteiger partial charge is 0.321 e. The monoisotopic (exact) mass is 678 g/mol. The molecule has 6 N–H and O–H groups in total. The average molecular weight is 680 g/mol. The zero-order chi connectivity index (χ0) is 27.6. The minimum absolute atomic E-state index is 0.0825. The third-order valence-electron chi connectivity index (χ3n) is 6.02. The highest BCUT2D eigenvalue weighted by Gasteiger charge is 2.18. The summed E-state index contributed by atoms with van der Waals surface area (Å²) in [6.07, 6.45) is 5.01. The van der Waals surface area contributed by atoms with E-state index in [4.69, 9.17) is 5.73 Å². The van der Waals surface area contributed by atoms with Crippen LogP contribution in [0.5, 0.6) is 0 Å². The van der Waals surface area contributed by atoms with Gasteiger partial charge in [0.25, 0.3) is 0 Å². The Morgan fingerprint density at radius 3 is 2.59 bits per heavy atom. The second-order valence-corrected chi connectivity index (χ2v) is 12.3. The number of hydrogen-bond donors (Lipinski definition) is 5. The number of nitrogens with zero attached hydrogens (tertiary/aromatic N) is 3. The molecule has 3 aromatic rings. The summed E-state index contributed by atoms with van der Waals surface area (Å²) in [5.41, 5.74) is 8.61. The van der Waals surface area contributed by atoms with Crippen LogP contribution in [0, 0.1) is 0 Å². The van der Waals surface area contributed by atoms with Crippen molar-refractivity contribution in [1.29, 1.82) is 0 Å². The first kappa shape index (κ1) is 29.4. The molecule has 1 saturated heterocycles. The summed E-state index contributed by atoms with van der Waals surface area (Å²) >= 11 is 6.89. The molecule has 13 heteroatoms. The molecule has 2 aromatic carbocycles. The van der Waals surface area contributed by atoms with Crippen molar-refractivity contribution in [3.63, 3.8) is 0 Å². The zero-order valence-electron chi connectivity index (χ0n) is 21.3. The third-order valence-corrected chi connectivity index (χ3v) is 8.34. The van der Waals surface area contributed by atoms with Crippen molar-refractivity contribution in [3.05, 3.63) is 69.2 Å². The van der Waals surface area contributed by atoms with Gasteiger partial charge in [0, 0.05) is 54.6 Å². The molecule has 2 atom stereocenters. The van der Waals surface area contributed by atoms with Crippen molar-refractivity contribution in [2.75, 3.05) is 42.1 Å². The maximum Gasteiger partial charge on any atom is 0.321 e. The highest BCUT2D eigenvalue weighted by atomic mass is 79.9. The van der Waals surface area contributed by atoms with Crippen molar-refractivity contribution >= 4 is 72.0 Å². The van der Waals surface area contributed by atoms with Gasteiger partial charge >= 0.3 is 6.03 Å². The van der Waals surface area contributed by atoms with E-state index in [1.54, 1.807) is 6.20 Å². The van der Waals surface area contributed by atoms with E-state index in [0.717, 1.165) is 46.1 Å². The van der Waals surface area contributed by atoms with E-state index in [1.165, 1.54) is 0 Å². The second-order valence-electron chi connectivity index (χ2n) is 9.06. The van der Waals surface area contributed by atoms with Crippen LogP contribution in [0.4, 0.5) is 27.9 Å². The fraction of sp³-hybridized carbons (Fsp3) is 0.346. The third kappa shape index (κ3) is 9.24. The van der Waals surface area contributed by atoms with Crippen LogP contribution in [0.25, 0.3) is 0 Å². The fourth-order valence-corrected chi connectivity index (χ4v) is 5.48. The number of carbonyl (C=O) groups excluding carboxylic acids is 1. The van der Waals surface area contributed by atoms with Crippen molar-refractivity contribution in [1.82, 2.24) is 19.6 Å². The molecule has 0 radical (unpaired) electrons. The first-order chi connectivity index (χ1) is 18.9. The number of nitrogens with one attached hydrogen (secondary N) is 4. The largest absolute Gasteiger partial charge is 0.369 e. The summed E-state index contributed by atoms with van der Waals surface area (Å²) in [5.74, 6) is 1.06. The lowest BCUT2D eigenvalue weighted by Crippen LogP contribution is -2.37. The Balaban J connectivity index is 1.22. The number of hydrogen-bond acceptors (Lipinski definition) is 7. The van der Waals surface area contributed by atoms with Crippen LogP contribution in [-0.2, 0) is 17.4 Å². The Morgan fingerprint density at radius 2 is 1.82 bits per heavy atom. The topological polar surface area (TPSA) is 137 Å². The van der Waals surface area contributed by atoms with E-state index in [9.17, 15) is 9.00 Å². The van der Waals surface area contributed by atoms with Crippen LogP contribution in [0.3, 0.4) is 0 Å². The van der Waals surface area contributed by atoms with E-state index in [-0.39, 0.29) is 6.03 Å². The Labute approximate surface area is 247 Å². The van der Waals surface area contributed by atoms with Crippen LogP contribution in [0.15, 0.2) is 63.7 Å². The van der Waals surface area contributed by atoms with Crippen molar-refractivity contribution in [2.45, 2.75) is 31.1 Å². The number of halogens is 2. The van der Waals surface area contributed by atoms with Crippen LogP contribution in [0.1, 0.15) is 24.8 Å². The first-order valence-electron chi connectivity index (χ1n) is 12.7. The molecular formula is C26H32Br2N8O2S. The number of rotatable bonds is 12. The normalized spacial score (nSPS) is 14.6. The van der Waals surface area contributed by atoms with Gasteiger partial charge in [-0.1, -0.05) is 34.1 Å². The van der Waals surface area contributed by atoms with Crippen LogP contribution in [0.2, 0.25) is 0 Å². The second kappa shape index (κ2) is 14.7. The number of amides is 2. The molecule has 1 aliphatic heterocycles. The zero-order valence-corrected chi connectivity index (χ0v) is 25.3. The highest BCUT2D eigenvalue weighted by Crippen LogP contribution is 2.23. The number of anilines is 4. The number of nitrogens with two attached hydrogens (primary N) is 1. The molecule has 1 fully saturated rings. The molecule has 10 nitrogen and oxygen atoms in total. The lowest BCUT2D eigenvalue weighted by atomic mass is 10.1. The number of likely N-dealkylation sites (tertiary alicyclic amines) is 1. The summed E-state index contributed by atoms with van der Waals surface area (Å²) < 4.78 is 17.2. The van der Waals surface area contributed by atoms with Gasteiger partial charge in [0.2, 0.25) is 5.95 Å². The minimum Gasteiger partial charge on any atom is -0.369 e. The molecule has 0 bridgehead atoms. The van der Waals surface area contributed by atoms with Gasteiger partial charge in [-0.25, -0.2) is 18.7 Å². The van der Waals surface area contributed by atoms with E-state index >= 15 is 0 Å². The molecule has 0 aliphatic carbocycles. The molecule has 0 spiro atoms. The Bertz CT molecular complexity index is 1280. The summed E-state index contributed by atoms with van der Waals surface area (Å²) in [4.78, 5) is 23.1. The first-order valence-corrected chi connectivity index (χ1v) is 15.5. The highest BCUT2D eigenvalue weighted by molar-refractivity contribution is 9.10. The Morgan fingerprint density at radius 1 is 1.08 bits per heavy atom. The van der Waals surface area contributed by atoms with Gasteiger partial charge in [-0.15, -0.1) is 0 Å². The van der Waals surface area contributed by atoms with Gasteiger partial charge in [-0.2, -0.15) is 4.98 Å². The number of urea groups is 1. The van der Waals surface area contributed by atoms with Gasteiger partial charge in [0.05, 0.1) is 9.85 Å². The summed E-state index contributed by atoms with van der Waals surface area (Å²) in [6.45, 7) is 2.73. The Kier molecular flexibility index (Phi) is 11.1. The van der Waals surface area contributed by atoms with Crippen LogP contribution >= 0.6 is 31.9 Å². The molecule has 4 rings (SSSR count). The molecule has 1 aliphatic rings. The van der Waals surface area contributed by atoms with E-state index in [0.29, 0.717) is 43.4 Å². The lowest BCUT2D eigenvalue weighted by molar-refractivity contribution is 0.222. The fourth-order valence-electron chi connectivity index (χ4n) is 3.98. The van der Waals surface area contributed by atoms with Crippen molar-refractivity contribution in [2.24, 2.45) is 5.73 Å². The SMILES string of the molecule is N[C@@H](Cc1ccc(Br)cc1)S(=O)NCCCNc1nc(Nc2cccc(NC(=O)N3CCCC3)c2)ncc1Br. The minimum atomic E-state index is -1.34. The number of benzene rings is 2. The van der Waals surface area contributed by atoms with Crippen molar-refractivity contribution in [3.8, 4) is 0 Å². The molecule has 1 unspecified atom stereocenters. The summed E-state index contributed by atoms with van der Waals surface area (Å²) in [5, 5.41) is 8.93. The van der Waals surface area contributed by atoms with Gasteiger partial charge < -0.3 is 26.6 Å². The van der Waals surface area contributed by atoms with Crippen LogP contribution in [-0.4, -0.2) is 56.7 Å². The van der Waals surface area contributed by atoms with Gasteiger partial charge in [-0.3, -0.25) is 0 Å². The van der Waals surface area contributed by atoms with Crippen LogP contribution < -0.4 is 26.4 Å². The molecule has 0 saturated carbocycles. The van der Waals surface area contributed by atoms with E-state index < -0.39 is 16.4 Å². The quantitative estimate of drug-likeness (QED) is 0.171. The molecule has 1 aromatic heterocycles. The Hall–Kier alpha value is -2.58. The summed E-state index contributed by atoms with van der Waals surface area (Å²) in [6, 6.07) is 15.2.